The molecule has 0 fully saturated rings. The highest BCUT2D eigenvalue weighted by atomic mass is 16.5. The normalized spacial score (nSPS) is 16.7. The molecule has 0 radical (unpaired) electrons. The largest absolute Gasteiger partial charge is 0.507 e. The minimum Gasteiger partial charge on any atom is -0.507 e. The molecule has 1 aromatic rings. The van der Waals surface area contributed by atoms with Crippen LogP contribution in [0, 0.1) is 0 Å². The Hall–Kier alpha value is -1.77. The molecule has 0 bridgehead atoms. The van der Waals surface area contributed by atoms with Crippen LogP contribution < -0.4 is 4.74 Å². The molecule has 1 aliphatic rings. The fourth-order valence-corrected chi connectivity index (χ4v) is 1.83. The van der Waals surface area contributed by atoms with Crippen molar-refractivity contribution in [3.63, 3.8) is 0 Å². The van der Waals surface area contributed by atoms with E-state index in [9.17, 15) is 9.90 Å². The highest BCUT2D eigenvalue weighted by Gasteiger charge is 2.25. The summed E-state index contributed by atoms with van der Waals surface area (Å²) in [4.78, 5) is 11.3. The van der Waals surface area contributed by atoms with Gasteiger partial charge in [-0.2, -0.15) is 0 Å². The van der Waals surface area contributed by atoms with Gasteiger partial charge in [0.05, 0.1) is 5.56 Å². The topological polar surface area (TPSA) is 46.5 Å². The van der Waals surface area contributed by atoms with Crippen LogP contribution in [0.2, 0.25) is 0 Å². The second-order valence-electron chi connectivity index (χ2n) is 4.19. The number of ether oxygens (including phenoxy) is 1. The molecule has 0 saturated heterocycles. The van der Waals surface area contributed by atoms with E-state index in [0.29, 0.717) is 17.7 Å². The summed E-state index contributed by atoms with van der Waals surface area (Å²) in [7, 11) is 0. The van der Waals surface area contributed by atoms with Gasteiger partial charge in [0, 0.05) is 12.5 Å². The number of phenolic OH excluding ortho intramolecular Hbond substituents is 1. The summed E-state index contributed by atoms with van der Waals surface area (Å²) in [6.07, 6.45) is 0.669. The number of ketones is 1. The van der Waals surface area contributed by atoms with Crippen LogP contribution >= 0.6 is 0 Å². The lowest BCUT2D eigenvalue weighted by molar-refractivity contribution is 0.101. The number of hydrogen-bond acceptors (Lipinski definition) is 3. The van der Waals surface area contributed by atoms with Gasteiger partial charge < -0.3 is 9.84 Å². The SMILES string of the molecule is C.C=C(C)[C@@H]1Cc2cc(C(C)=O)c(O)cc2O1. The number of carbonyl (C=O) groups is 1. The Morgan fingerprint density at radius 3 is 2.65 bits per heavy atom. The van der Waals surface area contributed by atoms with Crippen LogP contribution in [-0.4, -0.2) is 17.0 Å². The molecule has 3 heteroatoms. The Morgan fingerprint density at radius 1 is 1.47 bits per heavy atom. The second-order valence-corrected chi connectivity index (χ2v) is 4.19. The molecule has 0 aliphatic carbocycles. The van der Waals surface area contributed by atoms with E-state index < -0.39 is 0 Å². The number of benzene rings is 1. The van der Waals surface area contributed by atoms with E-state index in [1.54, 1.807) is 6.07 Å². The van der Waals surface area contributed by atoms with Gasteiger partial charge in [0.25, 0.3) is 0 Å². The molecule has 1 aliphatic heterocycles. The van der Waals surface area contributed by atoms with Gasteiger partial charge in [-0.25, -0.2) is 0 Å². The standard InChI is InChI=1S/C13H14O3.CH4/c1-7(2)12-5-9-4-10(8(3)14)11(15)6-13(9)16-12;/h4,6,12,15H,1,5H2,2-3H3;1H4/t12-;/m0./s1. The van der Waals surface area contributed by atoms with Gasteiger partial charge in [-0.15, -0.1) is 0 Å². The van der Waals surface area contributed by atoms with Crippen LogP contribution in [0.25, 0.3) is 0 Å². The van der Waals surface area contributed by atoms with Crippen molar-refractivity contribution in [1.29, 1.82) is 0 Å². The maximum Gasteiger partial charge on any atom is 0.163 e. The molecule has 1 heterocycles. The Labute approximate surface area is 102 Å². The van der Waals surface area contributed by atoms with E-state index in [0.717, 1.165) is 11.1 Å². The van der Waals surface area contributed by atoms with Gasteiger partial charge in [-0.05, 0) is 31.1 Å². The third kappa shape index (κ3) is 2.33. The Kier molecular flexibility index (Phi) is 3.61. The van der Waals surface area contributed by atoms with Crippen molar-refractivity contribution in [2.24, 2.45) is 0 Å². The molecule has 3 nitrogen and oxygen atoms in total. The average Bonchev–Trinajstić information content (AvgIpc) is 2.58. The van der Waals surface area contributed by atoms with E-state index in [1.807, 2.05) is 6.92 Å². The zero-order chi connectivity index (χ0) is 11.9. The summed E-state index contributed by atoms with van der Waals surface area (Å²) in [5.74, 6) is 0.489. The van der Waals surface area contributed by atoms with Gasteiger partial charge in [0.15, 0.2) is 5.78 Å². The minimum atomic E-state index is -0.140. The number of fused-ring (bicyclic) bond motifs is 1. The van der Waals surface area contributed by atoms with Crippen LogP contribution in [0.4, 0.5) is 0 Å². The summed E-state index contributed by atoms with van der Waals surface area (Å²) >= 11 is 0. The third-order valence-corrected chi connectivity index (χ3v) is 2.78. The Balaban J connectivity index is 0.00000144. The second kappa shape index (κ2) is 4.62. The summed E-state index contributed by atoms with van der Waals surface area (Å²) in [5, 5.41) is 9.65. The monoisotopic (exact) mass is 234 g/mol. The van der Waals surface area contributed by atoms with E-state index >= 15 is 0 Å². The fraction of sp³-hybridized carbons (Fsp3) is 0.357. The Morgan fingerprint density at radius 2 is 2.12 bits per heavy atom. The number of hydrogen-bond donors (Lipinski definition) is 1. The lowest BCUT2D eigenvalue weighted by atomic mass is 10.0. The molecule has 2 rings (SSSR count). The van der Waals surface area contributed by atoms with E-state index in [-0.39, 0.29) is 25.1 Å². The summed E-state index contributed by atoms with van der Waals surface area (Å²) < 4.78 is 5.61. The number of phenols is 1. The fourth-order valence-electron chi connectivity index (χ4n) is 1.83. The maximum atomic E-state index is 11.3. The number of Topliss-reactive ketones (excluding diaryl/α,β-unsaturated/α-hetero) is 1. The van der Waals surface area contributed by atoms with E-state index in [1.165, 1.54) is 13.0 Å². The number of carbonyl (C=O) groups excluding carboxylic acids is 1. The summed E-state index contributed by atoms with van der Waals surface area (Å²) in [6, 6.07) is 3.21. The molecule has 92 valence electrons. The minimum absolute atomic E-state index is 0. The lowest BCUT2D eigenvalue weighted by Gasteiger charge is -2.09. The van der Waals surface area contributed by atoms with E-state index in [2.05, 4.69) is 6.58 Å². The molecule has 1 atom stereocenters. The molecule has 0 saturated carbocycles. The summed E-state index contributed by atoms with van der Waals surface area (Å²) in [5.41, 5.74) is 2.25. The van der Waals surface area contributed by atoms with Crippen molar-refractivity contribution in [2.45, 2.75) is 33.8 Å². The molecule has 17 heavy (non-hydrogen) atoms. The zero-order valence-electron chi connectivity index (χ0n) is 9.41. The van der Waals surface area contributed by atoms with Crippen molar-refractivity contribution < 1.29 is 14.6 Å². The molecule has 0 aromatic heterocycles. The van der Waals surface area contributed by atoms with Crippen LogP contribution in [0.3, 0.4) is 0 Å². The lowest BCUT2D eigenvalue weighted by Crippen LogP contribution is -2.13. The van der Waals surface area contributed by atoms with Crippen molar-refractivity contribution in [1.82, 2.24) is 0 Å². The van der Waals surface area contributed by atoms with Gasteiger partial charge in [0.1, 0.15) is 17.6 Å². The van der Waals surface area contributed by atoms with Crippen LogP contribution in [0.1, 0.15) is 37.2 Å². The molecule has 0 amide bonds. The highest BCUT2D eigenvalue weighted by Crippen LogP contribution is 2.36. The van der Waals surface area contributed by atoms with Crippen LogP contribution in [0.5, 0.6) is 11.5 Å². The molecule has 1 aromatic carbocycles. The predicted molar refractivity (Wildman–Crippen MR) is 67.8 cm³/mol. The van der Waals surface area contributed by atoms with Gasteiger partial charge in [0.2, 0.25) is 0 Å². The van der Waals surface area contributed by atoms with Gasteiger partial charge >= 0.3 is 0 Å². The first-order chi connectivity index (χ1) is 7.49. The van der Waals surface area contributed by atoms with Crippen LogP contribution in [-0.2, 0) is 6.42 Å². The molecule has 0 spiro atoms. The first-order valence-corrected chi connectivity index (χ1v) is 5.18. The first kappa shape index (κ1) is 13.3. The van der Waals surface area contributed by atoms with Crippen molar-refractivity contribution in [3.8, 4) is 11.5 Å². The third-order valence-electron chi connectivity index (χ3n) is 2.78. The predicted octanol–water partition coefficient (Wildman–Crippen LogP) is 3.11. The quantitative estimate of drug-likeness (QED) is 0.631. The smallest absolute Gasteiger partial charge is 0.163 e. The Bertz CT molecular complexity index is 475. The van der Waals surface area contributed by atoms with Crippen molar-refractivity contribution in [3.05, 3.63) is 35.4 Å². The highest BCUT2D eigenvalue weighted by molar-refractivity contribution is 5.97. The van der Waals surface area contributed by atoms with Crippen LogP contribution in [0.15, 0.2) is 24.3 Å². The van der Waals surface area contributed by atoms with Gasteiger partial charge in [-0.3, -0.25) is 4.79 Å². The van der Waals surface area contributed by atoms with Crippen molar-refractivity contribution >= 4 is 5.78 Å². The van der Waals surface area contributed by atoms with E-state index in [4.69, 9.17) is 4.74 Å². The molecule has 1 N–H and O–H groups in total. The average molecular weight is 234 g/mol. The molecular formula is C14H18O3. The number of rotatable bonds is 2. The van der Waals surface area contributed by atoms with Gasteiger partial charge in [-0.1, -0.05) is 14.0 Å². The zero-order valence-corrected chi connectivity index (χ0v) is 9.41. The molecular weight excluding hydrogens is 216 g/mol. The molecule has 0 unspecified atom stereocenters. The number of aromatic hydroxyl groups is 1. The first-order valence-electron chi connectivity index (χ1n) is 5.18. The summed E-state index contributed by atoms with van der Waals surface area (Å²) in [6.45, 7) is 7.19. The van der Waals surface area contributed by atoms with Crippen molar-refractivity contribution in [2.75, 3.05) is 0 Å². The maximum absolute atomic E-state index is 11.3.